The average Bonchev–Trinajstić information content (AvgIpc) is 3.16. The van der Waals surface area contributed by atoms with Crippen molar-refractivity contribution in [2.75, 3.05) is 34.0 Å². The minimum Gasteiger partial charge on any atom is -0.508 e. The number of unbranched alkanes of at least 4 members (excludes halogenated alkanes) is 2. The SMILES string of the molecule is CC.CC.CCCCC.CCc1cc(OCP(=O)(OCOC(=O)C(C)(C)CC)OSOCC(C)(C)C)cc(C)c1Oc1ccc(O)c(C(C)CC)c1.COC. The molecule has 0 spiro atoms. The number of aryl methyl sites for hydroxylation is 2. The fraction of sp³-hybridized carbons (Fsp3) is 0.698. The van der Waals surface area contributed by atoms with Gasteiger partial charge >= 0.3 is 13.6 Å². The van der Waals surface area contributed by atoms with Crippen LogP contribution in [0.4, 0.5) is 0 Å². The van der Waals surface area contributed by atoms with Gasteiger partial charge in [-0.1, -0.05) is 109 Å². The minimum atomic E-state index is -3.93. The first-order valence-electron chi connectivity index (χ1n) is 19.9. The summed E-state index contributed by atoms with van der Waals surface area (Å²) in [5, 5.41) is 10.3. The number of benzene rings is 2. The lowest BCUT2D eigenvalue weighted by Gasteiger charge is -2.23. The summed E-state index contributed by atoms with van der Waals surface area (Å²) in [4.78, 5) is 12.4. The van der Waals surface area contributed by atoms with Crippen LogP contribution in [0.1, 0.15) is 159 Å². The number of phenolic OH excluding ortho intramolecular Hbond substituents is 1. The van der Waals surface area contributed by atoms with Crippen LogP contribution in [0, 0.1) is 17.8 Å². The van der Waals surface area contributed by atoms with Crippen molar-refractivity contribution in [3.05, 3.63) is 47.0 Å². The molecule has 0 bridgehead atoms. The lowest BCUT2D eigenvalue weighted by atomic mass is 9.91. The van der Waals surface area contributed by atoms with Crippen molar-refractivity contribution >= 4 is 25.9 Å². The van der Waals surface area contributed by atoms with E-state index in [1.807, 2.05) is 81.4 Å². The number of carbonyl (C=O) groups excluding carboxylic acids is 1. The monoisotopic (exact) mass is 819 g/mol. The number of hydrogen-bond donors (Lipinski definition) is 1. The second-order valence-electron chi connectivity index (χ2n) is 14.2. The van der Waals surface area contributed by atoms with Gasteiger partial charge in [0.25, 0.3) is 0 Å². The lowest BCUT2D eigenvalue weighted by Crippen LogP contribution is -2.26. The number of rotatable bonds is 19. The Bertz CT molecular complexity index is 1330. The standard InChI is InChI=1S/C32H49O9PS.C5H12.C2H6O.2C2H6/c1-11-22(4)27-18-25(14-15-28(27)33)40-29-23(5)16-26(17-24(29)12-2)37-21-42(35,41-43-39-19-31(6,7)8)38-20-36-30(34)32(9,10)13-3;1-3-5-4-2;1-3-2;2*1-2/h14-18,22,33H,11-13,19-21H2,1-10H3;3-5H2,1-2H3;1-2H3;2*1-2H3. The highest BCUT2D eigenvalue weighted by molar-refractivity contribution is 7.94. The molecule has 55 heavy (non-hydrogen) atoms. The van der Waals surface area contributed by atoms with Gasteiger partial charge in [0.15, 0.2) is 18.7 Å². The molecule has 0 aliphatic heterocycles. The molecule has 0 aromatic heterocycles. The van der Waals surface area contributed by atoms with Crippen LogP contribution in [0.3, 0.4) is 0 Å². The first kappa shape index (κ1) is 57.1. The van der Waals surface area contributed by atoms with Gasteiger partial charge in [0, 0.05) is 19.8 Å². The molecule has 2 rings (SSSR count). The van der Waals surface area contributed by atoms with E-state index in [2.05, 4.69) is 32.4 Å². The van der Waals surface area contributed by atoms with E-state index in [1.54, 1.807) is 46.3 Å². The Morgan fingerprint density at radius 3 is 1.96 bits per heavy atom. The molecular weight excluding hydrogens is 740 g/mol. The molecular formula is C43H79O10PS. The van der Waals surface area contributed by atoms with Crippen LogP contribution in [0.5, 0.6) is 23.0 Å². The van der Waals surface area contributed by atoms with E-state index in [0.29, 0.717) is 49.0 Å². The van der Waals surface area contributed by atoms with Gasteiger partial charge in [-0.25, -0.2) is 3.97 Å². The Morgan fingerprint density at radius 1 is 0.909 bits per heavy atom. The molecule has 0 heterocycles. The van der Waals surface area contributed by atoms with Crippen LogP contribution in [0.2, 0.25) is 0 Å². The maximum Gasteiger partial charge on any atom is 0.383 e. The van der Waals surface area contributed by atoms with Crippen LogP contribution < -0.4 is 9.47 Å². The van der Waals surface area contributed by atoms with E-state index in [-0.39, 0.29) is 17.1 Å². The van der Waals surface area contributed by atoms with Crippen molar-refractivity contribution in [3.63, 3.8) is 0 Å². The zero-order valence-electron chi connectivity index (χ0n) is 37.8. The van der Waals surface area contributed by atoms with Gasteiger partial charge in [0.1, 0.15) is 23.0 Å². The summed E-state index contributed by atoms with van der Waals surface area (Å²) in [7, 11) is -0.678. The highest BCUT2D eigenvalue weighted by Gasteiger charge is 2.32. The van der Waals surface area contributed by atoms with Crippen LogP contribution >= 0.6 is 19.9 Å². The Labute approximate surface area is 341 Å². The number of esters is 1. The Morgan fingerprint density at radius 2 is 1.49 bits per heavy atom. The molecule has 322 valence electrons. The van der Waals surface area contributed by atoms with Crippen molar-refractivity contribution in [1.29, 1.82) is 0 Å². The summed E-state index contributed by atoms with van der Waals surface area (Å²) in [5.74, 6) is 1.72. The molecule has 12 heteroatoms. The molecule has 2 unspecified atom stereocenters. The van der Waals surface area contributed by atoms with E-state index in [0.717, 1.165) is 23.1 Å². The molecule has 0 saturated heterocycles. The summed E-state index contributed by atoms with van der Waals surface area (Å²) in [6.07, 6.45) is 5.75. The van der Waals surface area contributed by atoms with Gasteiger partial charge in [-0.2, -0.15) is 0 Å². The van der Waals surface area contributed by atoms with E-state index >= 15 is 0 Å². The molecule has 1 N–H and O–H groups in total. The van der Waals surface area contributed by atoms with Gasteiger partial charge in [-0.15, -0.1) is 0 Å². The predicted octanol–water partition coefficient (Wildman–Crippen LogP) is 14.2. The third kappa shape index (κ3) is 24.9. The lowest BCUT2D eigenvalue weighted by molar-refractivity contribution is -0.161. The maximum absolute atomic E-state index is 13.6. The summed E-state index contributed by atoms with van der Waals surface area (Å²) in [6.45, 7) is 31.6. The topological polar surface area (TPSA) is 119 Å². The van der Waals surface area contributed by atoms with Gasteiger partial charge in [-0.3, -0.25) is 18.1 Å². The van der Waals surface area contributed by atoms with Gasteiger partial charge in [0.05, 0.1) is 12.0 Å². The number of phenols is 1. The van der Waals surface area contributed by atoms with Crippen LogP contribution in [0.15, 0.2) is 30.3 Å². The minimum absolute atomic E-state index is 0.132. The summed E-state index contributed by atoms with van der Waals surface area (Å²) in [5.41, 5.74) is 1.68. The summed E-state index contributed by atoms with van der Waals surface area (Å²) < 4.78 is 51.6. The average molecular weight is 819 g/mol. The Balaban J connectivity index is -0.00000199. The molecule has 2 atom stereocenters. The maximum atomic E-state index is 13.6. The molecule has 2 aromatic rings. The van der Waals surface area contributed by atoms with Crippen LogP contribution in [-0.4, -0.2) is 45.0 Å². The second-order valence-corrected chi connectivity index (χ2v) is 16.9. The molecule has 0 radical (unpaired) electrons. The first-order valence-corrected chi connectivity index (χ1v) is 22.3. The quantitative estimate of drug-likeness (QED) is 0.0479. The zero-order valence-corrected chi connectivity index (χ0v) is 39.5. The highest BCUT2D eigenvalue weighted by Crippen LogP contribution is 2.52. The first-order chi connectivity index (χ1) is 25.9. The predicted molar refractivity (Wildman–Crippen MR) is 232 cm³/mol. The van der Waals surface area contributed by atoms with Crippen molar-refractivity contribution in [3.8, 4) is 23.0 Å². The third-order valence-corrected chi connectivity index (χ3v) is 10.0. The second kappa shape index (κ2) is 31.8. The fourth-order valence-corrected chi connectivity index (χ4v) is 5.87. The Kier molecular flexibility index (Phi) is 33.0. The Hall–Kier alpha value is -2.27. The normalized spacial score (nSPS) is 12.4. The van der Waals surface area contributed by atoms with Crippen LogP contribution in [-0.2, 0) is 37.9 Å². The van der Waals surface area contributed by atoms with Crippen LogP contribution in [0.25, 0.3) is 0 Å². The van der Waals surface area contributed by atoms with Crippen molar-refractivity contribution in [2.45, 2.75) is 155 Å². The van der Waals surface area contributed by atoms with Gasteiger partial charge < -0.3 is 24.1 Å². The molecule has 10 nitrogen and oxygen atoms in total. The van der Waals surface area contributed by atoms with Gasteiger partial charge in [0.2, 0.25) is 6.79 Å². The fourth-order valence-electron chi connectivity index (χ4n) is 3.99. The van der Waals surface area contributed by atoms with E-state index in [9.17, 15) is 14.5 Å². The number of methoxy groups -OCH3 is 1. The molecule has 0 aliphatic carbocycles. The smallest absolute Gasteiger partial charge is 0.383 e. The molecule has 0 saturated carbocycles. The van der Waals surface area contributed by atoms with E-state index in [1.165, 1.54) is 19.3 Å². The zero-order chi connectivity index (χ0) is 43.3. The molecule has 0 fully saturated rings. The summed E-state index contributed by atoms with van der Waals surface area (Å²) in [6, 6.07) is 8.85. The van der Waals surface area contributed by atoms with Crippen molar-refractivity contribution in [2.24, 2.45) is 10.8 Å². The number of aromatic hydroxyl groups is 1. The number of carbonyl (C=O) groups is 1. The largest absolute Gasteiger partial charge is 0.508 e. The summed E-state index contributed by atoms with van der Waals surface area (Å²) >= 11 is 0.565. The van der Waals surface area contributed by atoms with Crippen molar-refractivity contribution < 1.29 is 46.1 Å². The molecule has 0 aliphatic rings. The molecule has 0 amide bonds. The van der Waals surface area contributed by atoms with Crippen molar-refractivity contribution in [1.82, 2.24) is 0 Å². The van der Waals surface area contributed by atoms with E-state index < -0.39 is 32.1 Å². The third-order valence-electron chi connectivity index (χ3n) is 7.72. The van der Waals surface area contributed by atoms with E-state index in [4.69, 9.17) is 26.9 Å². The molecule has 2 aromatic carbocycles. The highest BCUT2D eigenvalue weighted by atomic mass is 32.2. The number of ether oxygens (including phenoxy) is 4. The van der Waals surface area contributed by atoms with Gasteiger partial charge in [-0.05, 0) is 92.8 Å². The number of hydrogen-bond acceptors (Lipinski definition) is 11.